The van der Waals surface area contributed by atoms with E-state index in [0.29, 0.717) is 5.75 Å². The second kappa shape index (κ2) is 5.21. The molecule has 88 valence electrons. The number of phenols is 1. The first-order valence-electron chi connectivity index (χ1n) is 6.05. The van der Waals surface area contributed by atoms with Crippen LogP contribution in [0.15, 0.2) is 18.2 Å². The molecule has 1 aromatic rings. The van der Waals surface area contributed by atoms with Crippen LogP contribution < -0.4 is 5.73 Å². The first-order valence-corrected chi connectivity index (χ1v) is 6.05. The van der Waals surface area contributed by atoms with Crippen LogP contribution in [0, 0.1) is 0 Å². The Hall–Kier alpha value is -1.22. The molecule has 0 spiro atoms. The van der Waals surface area contributed by atoms with E-state index in [9.17, 15) is 5.11 Å². The van der Waals surface area contributed by atoms with Crippen LogP contribution in [0.1, 0.15) is 24.8 Å². The quantitative estimate of drug-likeness (QED) is 0.605. The summed E-state index contributed by atoms with van der Waals surface area (Å²) in [5.74, 6) is 0.308. The van der Waals surface area contributed by atoms with E-state index >= 15 is 0 Å². The summed E-state index contributed by atoms with van der Waals surface area (Å²) in [7, 11) is 0. The first kappa shape index (κ1) is 11.3. The number of piperidine rings is 1. The van der Waals surface area contributed by atoms with Gasteiger partial charge in [0, 0.05) is 12.2 Å². The third kappa shape index (κ3) is 2.89. The number of rotatable bonds is 3. The molecule has 1 aliphatic rings. The van der Waals surface area contributed by atoms with Gasteiger partial charge in [0.05, 0.1) is 0 Å². The molecule has 1 saturated heterocycles. The predicted octanol–water partition coefficient (Wildman–Crippen LogP) is 2.00. The van der Waals surface area contributed by atoms with E-state index < -0.39 is 0 Å². The van der Waals surface area contributed by atoms with Gasteiger partial charge in [-0.25, -0.2) is 0 Å². The molecular formula is C13H20N2O. The third-order valence-corrected chi connectivity index (χ3v) is 3.27. The summed E-state index contributed by atoms with van der Waals surface area (Å²) < 4.78 is 0. The molecule has 0 radical (unpaired) electrons. The average molecular weight is 220 g/mol. The SMILES string of the molecule is Nc1ccc(O)cc1CCN1CCCCC1. The Balaban J connectivity index is 1.90. The average Bonchev–Trinajstić information content (AvgIpc) is 2.32. The predicted molar refractivity (Wildman–Crippen MR) is 66.5 cm³/mol. The Bertz CT molecular complexity index is 346. The van der Waals surface area contributed by atoms with Crippen molar-refractivity contribution in [3.8, 4) is 5.75 Å². The van der Waals surface area contributed by atoms with Crippen LogP contribution in [0.4, 0.5) is 5.69 Å². The van der Waals surface area contributed by atoms with E-state index in [4.69, 9.17) is 5.73 Å². The fraction of sp³-hybridized carbons (Fsp3) is 0.538. The standard InChI is InChI=1S/C13H20N2O/c14-13-5-4-12(16)10-11(13)6-9-15-7-2-1-3-8-15/h4-5,10,16H,1-3,6-9,14H2. The minimum absolute atomic E-state index is 0.308. The van der Waals surface area contributed by atoms with Crippen molar-refractivity contribution < 1.29 is 5.11 Å². The van der Waals surface area contributed by atoms with Crippen molar-refractivity contribution in [3.05, 3.63) is 23.8 Å². The number of hydrogen-bond acceptors (Lipinski definition) is 3. The lowest BCUT2D eigenvalue weighted by molar-refractivity contribution is 0.231. The summed E-state index contributed by atoms with van der Waals surface area (Å²) in [6, 6.07) is 5.19. The molecule has 1 heterocycles. The number of anilines is 1. The Morgan fingerprint density at radius 1 is 1.19 bits per heavy atom. The van der Waals surface area contributed by atoms with Crippen molar-refractivity contribution in [2.45, 2.75) is 25.7 Å². The smallest absolute Gasteiger partial charge is 0.116 e. The van der Waals surface area contributed by atoms with E-state index in [1.54, 1.807) is 18.2 Å². The molecule has 0 atom stereocenters. The fourth-order valence-electron chi connectivity index (χ4n) is 2.27. The molecule has 1 aromatic carbocycles. The van der Waals surface area contributed by atoms with Crippen LogP contribution in [0.3, 0.4) is 0 Å². The van der Waals surface area contributed by atoms with Crippen molar-refractivity contribution >= 4 is 5.69 Å². The van der Waals surface area contributed by atoms with Crippen molar-refractivity contribution in [3.63, 3.8) is 0 Å². The number of phenolic OH excluding ortho intramolecular Hbond substituents is 1. The van der Waals surface area contributed by atoms with E-state index in [1.807, 2.05) is 0 Å². The highest BCUT2D eigenvalue weighted by Gasteiger charge is 2.10. The van der Waals surface area contributed by atoms with Gasteiger partial charge in [0.15, 0.2) is 0 Å². The molecule has 1 aliphatic heterocycles. The normalized spacial score (nSPS) is 17.5. The Morgan fingerprint density at radius 2 is 1.94 bits per heavy atom. The van der Waals surface area contributed by atoms with Gasteiger partial charge in [0.2, 0.25) is 0 Å². The monoisotopic (exact) mass is 220 g/mol. The molecule has 3 heteroatoms. The van der Waals surface area contributed by atoms with Gasteiger partial charge in [-0.3, -0.25) is 0 Å². The minimum atomic E-state index is 0.308. The molecule has 2 rings (SSSR count). The minimum Gasteiger partial charge on any atom is -0.508 e. The number of nitrogens with zero attached hydrogens (tertiary/aromatic N) is 1. The molecule has 0 unspecified atom stereocenters. The number of likely N-dealkylation sites (tertiary alicyclic amines) is 1. The van der Waals surface area contributed by atoms with Crippen molar-refractivity contribution in [2.75, 3.05) is 25.4 Å². The van der Waals surface area contributed by atoms with Crippen LogP contribution in [-0.2, 0) is 6.42 Å². The lowest BCUT2D eigenvalue weighted by Gasteiger charge is -2.26. The molecule has 16 heavy (non-hydrogen) atoms. The van der Waals surface area contributed by atoms with E-state index in [-0.39, 0.29) is 0 Å². The highest BCUT2D eigenvalue weighted by Crippen LogP contribution is 2.19. The number of hydrogen-bond donors (Lipinski definition) is 2. The van der Waals surface area contributed by atoms with Crippen molar-refractivity contribution in [2.24, 2.45) is 0 Å². The van der Waals surface area contributed by atoms with Gasteiger partial charge in [-0.2, -0.15) is 0 Å². The molecule has 0 aromatic heterocycles. The summed E-state index contributed by atoms with van der Waals surface area (Å²) in [5, 5.41) is 9.41. The summed E-state index contributed by atoms with van der Waals surface area (Å²) in [6.45, 7) is 3.46. The number of aromatic hydroxyl groups is 1. The zero-order chi connectivity index (χ0) is 11.4. The van der Waals surface area contributed by atoms with Gasteiger partial charge in [-0.15, -0.1) is 0 Å². The lowest BCUT2D eigenvalue weighted by atomic mass is 10.1. The number of nitrogen functional groups attached to an aromatic ring is 1. The second-order valence-corrected chi connectivity index (χ2v) is 4.54. The molecule has 0 amide bonds. The Kier molecular flexibility index (Phi) is 3.67. The second-order valence-electron chi connectivity index (χ2n) is 4.54. The Labute approximate surface area is 96.9 Å². The van der Waals surface area contributed by atoms with Gasteiger partial charge in [-0.05, 0) is 56.1 Å². The van der Waals surface area contributed by atoms with E-state index in [2.05, 4.69) is 4.90 Å². The zero-order valence-corrected chi connectivity index (χ0v) is 9.65. The topological polar surface area (TPSA) is 49.5 Å². The van der Waals surface area contributed by atoms with Gasteiger partial charge < -0.3 is 15.7 Å². The number of nitrogens with two attached hydrogens (primary N) is 1. The van der Waals surface area contributed by atoms with Crippen LogP contribution >= 0.6 is 0 Å². The Morgan fingerprint density at radius 3 is 2.69 bits per heavy atom. The number of benzene rings is 1. The van der Waals surface area contributed by atoms with Gasteiger partial charge in [-0.1, -0.05) is 6.42 Å². The molecule has 3 N–H and O–H groups in total. The van der Waals surface area contributed by atoms with Crippen LogP contribution in [0.5, 0.6) is 5.75 Å². The van der Waals surface area contributed by atoms with Crippen LogP contribution in [0.2, 0.25) is 0 Å². The summed E-state index contributed by atoms with van der Waals surface area (Å²) in [4.78, 5) is 2.48. The summed E-state index contributed by atoms with van der Waals surface area (Å²) >= 11 is 0. The van der Waals surface area contributed by atoms with Crippen LogP contribution in [0.25, 0.3) is 0 Å². The highest BCUT2D eigenvalue weighted by atomic mass is 16.3. The molecule has 0 bridgehead atoms. The maximum absolute atomic E-state index is 9.41. The van der Waals surface area contributed by atoms with Crippen molar-refractivity contribution in [1.29, 1.82) is 0 Å². The fourth-order valence-corrected chi connectivity index (χ4v) is 2.27. The van der Waals surface area contributed by atoms with Crippen molar-refractivity contribution in [1.82, 2.24) is 4.90 Å². The maximum atomic E-state index is 9.41. The van der Waals surface area contributed by atoms with Gasteiger partial charge in [0.1, 0.15) is 5.75 Å². The summed E-state index contributed by atoms with van der Waals surface area (Å²) in [6.07, 6.45) is 4.93. The van der Waals surface area contributed by atoms with E-state index in [0.717, 1.165) is 24.2 Å². The summed E-state index contributed by atoms with van der Waals surface area (Å²) in [5.41, 5.74) is 7.72. The third-order valence-electron chi connectivity index (χ3n) is 3.27. The molecule has 0 aliphatic carbocycles. The van der Waals surface area contributed by atoms with Gasteiger partial charge in [0.25, 0.3) is 0 Å². The molecule has 1 fully saturated rings. The van der Waals surface area contributed by atoms with Gasteiger partial charge >= 0.3 is 0 Å². The van der Waals surface area contributed by atoms with Crippen LogP contribution in [-0.4, -0.2) is 29.6 Å². The largest absolute Gasteiger partial charge is 0.508 e. The highest BCUT2D eigenvalue weighted by molar-refractivity contribution is 5.50. The molecule has 3 nitrogen and oxygen atoms in total. The first-order chi connectivity index (χ1) is 7.75. The lowest BCUT2D eigenvalue weighted by Crippen LogP contribution is -2.31. The molecular weight excluding hydrogens is 200 g/mol. The maximum Gasteiger partial charge on any atom is 0.116 e. The molecule has 0 saturated carbocycles. The zero-order valence-electron chi connectivity index (χ0n) is 9.65. The van der Waals surface area contributed by atoms with E-state index in [1.165, 1.54) is 32.4 Å².